The number of hydrogen-bond acceptors (Lipinski definition) is 3. The number of hydrogen-bond donors (Lipinski definition) is 2. The Morgan fingerprint density at radius 2 is 1.90 bits per heavy atom. The van der Waals surface area contributed by atoms with E-state index in [1.54, 1.807) is 0 Å². The summed E-state index contributed by atoms with van der Waals surface area (Å²) in [7, 11) is 0. The fourth-order valence-corrected chi connectivity index (χ4v) is 2.19. The first kappa shape index (κ1) is 15.7. The van der Waals surface area contributed by atoms with Crippen LogP contribution in [0, 0.1) is 12.3 Å². The minimum atomic E-state index is -0.369. The second-order valence-corrected chi connectivity index (χ2v) is 6.48. The number of aliphatic hydroxyl groups excluding tert-OH is 1. The van der Waals surface area contributed by atoms with Crippen LogP contribution in [0.1, 0.15) is 32.3 Å². The van der Waals surface area contributed by atoms with Gasteiger partial charge in [0.05, 0.1) is 18.0 Å². The van der Waals surface area contributed by atoms with E-state index in [9.17, 15) is 5.11 Å². The van der Waals surface area contributed by atoms with Gasteiger partial charge in [-0.15, -0.1) is 0 Å². The van der Waals surface area contributed by atoms with Crippen LogP contribution in [0.5, 0.6) is 0 Å². The van der Waals surface area contributed by atoms with Crippen molar-refractivity contribution in [3.8, 4) is 5.69 Å². The summed E-state index contributed by atoms with van der Waals surface area (Å²) in [4.78, 5) is 4.40. The largest absolute Gasteiger partial charge is 0.391 e. The van der Waals surface area contributed by atoms with E-state index in [4.69, 9.17) is 0 Å². The van der Waals surface area contributed by atoms with Gasteiger partial charge in [0.15, 0.2) is 0 Å². The lowest BCUT2D eigenvalue weighted by Gasteiger charge is -2.26. The van der Waals surface area contributed by atoms with Crippen LogP contribution in [0.25, 0.3) is 5.69 Å². The summed E-state index contributed by atoms with van der Waals surface area (Å²) in [6, 6.07) is 10.2. The maximum atomic E-state index is 10.1. The van der Waals surface area contributed by atoms with Crippen LogP contribution in [0.3, 0.4) is 0 Å². The third kappa shape index (κ3) is 3.93. The third-order valence-electron chi connectivity index (χ3n) is 3.67. The van der Waals surface area contributed by atoms with Gasteiger partial charge in [0.2, 0.25) is 0 Å². The van der Waals surface area contributed by atoms with Gasteiger partial charge in [0, 0.05) is 18.8 Å². The van der Waals surface area contributed by atoms with E-state index in [-0.39, 0.29) is 11.5 Å². The van der Waals surface area contributed by atoms with Crippen LogP contribution in [-0.2, 0) is 6.54 Å². The summed E-state index contributed by atoms with van der Waals surface area (Å²) >= 11 is 0. The van der Waals surface area contributed by atoms with E-state index in [1.807, 2.05) is 52.1 Å². The van der Waals surface area contributed by atoms with E-state index in [1.165, 1.54) is 0 Å². The lowest BCUT2D eigenvalue weighted by Crippen LogP contribution is -2.36. The normalized spacial score (nSPS) is 13.4. The molecule has 1 atom stereocenters. The Bertz CT molecular complexity index is 569. The van der Waals surface area contributed by atoms with Crippen LogP contribution in [0.4, 0.5) is 0 Å². The number of benzene rings is 1. The molecule has 1 unspecified atom stereocenters. The molecule has 114 valence electrons. The Morgan fingerprint density at radius 3 is 2.52 bits per heavy atom. The molecule has 1 aromatic carbocycles. The Kier molecular flexibility index (Phi) is 4.80. The maximum Gasteiger partial charge on any atom is 0.110 e. The molecule has 0 saturated carbocycles. The summed E-state index contributed by atoms with van der Waals surface area (Å²) in [5, 5.41) is 13.4. The monoisotopic (exact) mass is 287 g/mol. The Morgan fingerprint density at radius 1 is 1.24 bits per heavy atom. The van der Waals surface area contributed by atoms with Crippen molar-refractivity contribution in [2.24, 2.45) is 5.41 Å². The molecular formula is C17H25N3O. The van der Waals surface area contributed by atoms with E-state index < -0.39 is 0 Å². The summed E-state index contributed by atoms with van der Waals surface area (Å²) < 4.78 is 2.14. The molecule has 0 bridgehead atoms. The zero-order chi connectivity index (χ0) is 15.5. The van der Waals surface area contributed by atoms with E-state index >= 15 is 0 Å². The highest BCUT2D eigenvalue weighted by molar-refractivity contribution is 5.35. The van der Waals surface area contributed by atoms with Gasteiger partial charge in [0.25, 0.3) is 0 Å². The Labute approximate surface area is 126 Å². The fraction of sp³-hybridized carbons (Fsp3) is 0.471. The van der Waals surface area contributed by atoms with Crippen molar-refractivity contribution in [2.75, 3.05) is 6.54 Å². The molecule has 0 radical (unpaired) electrons. The third-order valence-corrected chi connectivity index (χ3v) is 3.67. The van der Waals surface area contributed by atoms with Crippen molar-refractivity contribution in [1.82, 2.24) is 14.9 Å². The number of aliphatic hydroxyl groups is 1. The number of para-hydroxylation sites is 1. The average molecular weight is 287 g/mol. The fourth-order valence-electron chi connectivity index (χ4n) is 2.19. The first-order valence-electron chi connectivity index (χ1n) is 7.37. The predicted octanol–water partition coefficient (Wildman–Crippen LogP) is 2.68. The van der Waals surface area contributed by atoms with E-state index in [0.717, 1.165) is 17.2 Å². The summed E-state index contributed by atoms with van der Waals surface area (Å²) in [5.74, 6) is 0.967. The molecule has 4 nitrogen and oxygen atoms in total. The van der Waals surface area contributed by atoms with Crippen LogP contribution in [0.2, 0.25) is 0 Å². The van der Waals surface area contributed by atoms with Gasteiger partial charge in [-0.3, -0.25) is 4.57 Å². The summed E-state index contributed by atoms with van der Waals surface area (Å²) in [5.41, 5.74) is 2.10. The van der Waals surface area contributed by atoms with Crippen molar-refractivity contribution in [3.63, 3.8) is 0 Å². The maximum absolute atomic E-state index is 10.1. The molecule has 1 heterocycles. The van der Waals surface area contributed by atoms with Crippen molar-refractivity contribution >= 4 is 0 Å². The van der Waals surface area contributed by atoms with Gasteiger partial charge in [-0.1, -0.05) is 39.0 Å². The molecule has 2 rings (SSSR count). The topological polar surface area (TPSA) is 50.1 Å². The van der Waals surface area contributed by atoms with Gasteiger partial charge in [0.1, 0.15) is 5.82 Å². The number of rotatable bonds is 5. The highest BCUT2D eigenvalue weighted by atomic mass is 16.3. The molecule has 0 spiro atoms. The zero-order valence-electron chi connectivity index (χ0n) is 13.3. The molecule has 2 aromatic rings. The first-order chi connectivity index (χ1) is 9.89. The molecule has 4 heteroatoms. The lowest BCUT2D eigenvalue weighted by atomic mass is 9.89. The molecule has 1 aromatic heterocycles. The summed E-state index contributed by atoms with van der Waals surface area (Å²) in [6.07, 6.45) is 1.52. The molecule has 21 heavy (non-hydrogen) atoms. The zero-order valence-corrected chi connectivity index (χ0v) is 13.3. The van der Waals surface area contributed by atoms with Gasteiger partial charge in [-0.2, -0.15) is 0 Å². The van der Waals surface area contributed by atoms with Crippen LogP contribution in [0.15, 0.2) is 36.5 Å². The molecule has 0 aliphatic rings. The van der Waals surface area contributed by atoms with E-state index in [0.29, 0.717) is 13.1 Å². The van der Waals surface area contributed by atoms with Gasteiger partial charge in [-0.05, 0) is 24.5 Å². The minimum Gasteiger partial charge on any atom is -0.391 e. The minimum absolute atomic E-state index is 0.109. The number of imidazole rings is 1. The second-order valence-electron chi connectivity index (χ2n) is 6.48. The van der Waals surface area contributed by atoms with Crippen molar-refractivity contribution in [3.05, 3.63) is 48.0 Å². The van der Waals surface area contributed by atoms with Gasteiger partial charge >= 0.3 is 0 Å². The van der Waals surface area contributed by atoms with Gasteiger partial charge in [-0.25, -0.2) is 4.98 Å². The number of aryl methyl sites for hydroxylation is 1. The molecule has 0 saturated heterocycles. The number of aromatic nitrogens is 2. The standard InChI is InChI=1S/C17H25N3O/c1-13-19-11-15(10-18-12-16(21)17(2,3)4)20(13)14-8-6-5-7-9-14/h5-9,11,16,18,21H,10,12H2,1-4H3. The van der Waals surface area contributed by atoms with Crippen molar-refractivity contribution in [2.45, 2.75) is 40.3 Å². The van der Waals surface area contributed by atoms with Crippen molar-refractivity contribution in [1.29, 1.82) is 0 Å². The first-order valence-corrected chi connectivity index (χ1v) is 7.37. The second kappa shape index (κ2) is 6.41. The Balaban J connectivity index is 2.06. The summed E-state index contributed by atoms with van der Waals surface area (Å²) in [6.45, 7) is 9.37. The van der Waals surface area contributed by atoms with E-state index in [2.05, 4.69) is 27.0 Å². The SMILES string of the molecule is Cc1ncc(CNCC(O)C(C)(C)C)n1-c1ccccc1. The average Bonchev–Trinajstić information content (AvgIpc) is 2.80. The van der Waals surface area contributed by atoms with Gasteiger partial charge < -0.3 is 10.4 Å². The van der Waals surface area contributed by atoms with Crippen molar-refractivity contribution < 1.29 is 5.11 Å². The molecule has 2 N–H and O–H groups in total. The smallest absolute Gasteiger partial charge is 0.110 e. The molecule has 0 aliphatic carbocycles. The van der Waals surface area contributed by atoms with Crippen LogP contribution < -0.4 is 5.32 Å². The van der Waals surface area contributed by atoms with Crippen LogP contribution >= 0.6 is 0 Å². The number of nitrogens with one attached hydrogen (secondary N) is 1. The predicted molar refractivity (Wildman–Crippen MR) is 85.5 cm³/mol. The van der Waals surface area contributed by atoms with Crippen LogP contribution in [-0.4, -0.2) is 27.3 Å². The molecule has 0 amide bonds. The molecular weight excluding hydrogens is 262 g/mol. The molecule has 0 fully saturated rings. The number of nitrogens with zero attached hydrogens (tertiary/aromatic N) is 2. The molecule has 0 aliphatic heterocycles. The Hall–Kier alpha value is -1.65. The lowest BCUT2D eigenvalue weighted by molar-refractivity contribution is 0.0627. The highest BCUT2D eigenvalue weighted by Gasteiger charge is 2.21. The highest BCUT2D eigenvalue weighted by Crippen LogP contribution is 2.18. The quantitative estimate of drug-likeness (QED) is 0.889.